The van der Waals surface area contributed by atoms with Gasteiger partial charge in [-0.1, -0.05) is 56.5 Å². The average molecular weight is 244 g/mol. The van der Waals surface area contributed by atoms with Crippen LogP contribution in [0.4, 0.5) is 0 Å². The zero-order valence-electron chi connectivity index (χ0n) is 10.1. The third-order valence-electron chi connectivity index (χ3n) is 2.84. The highest BCUT2D eigenvalue weighted by atomic mass is 32.1. The van der Waals surface area contributed by atoms with Crippen molar-refractivity contribution in [3.8, 4) is 11.3 Å². The van der Waals surface area contributed by atoms with Gasteiger partial charge in [0.25, 0.3) is 0 Å². The molecule has 2 aromatic rings. The van der Waals surface area contributed by atoms with Crippen LogP contribution < -0.4 is 0 Å². The van der Waals surface area contributed by atoms with Crippen LogP contribution in [0.15, 0.2) is 35.8 Å². The maximum absolute atomic E-state index is 4.49. The van der Waals surface area contributed by atoms with E-state index in [1.807, 2.05) is 11.6 Å². The van der Waals surface area contributed by atoms with E-state index in [2.05, 4.69) is 36.2 Å². The van der Waals surface area contributed by atoms with Crippen molar-refractivity contribution in [3.05, 3.63) is 47.6 Å². The van der Waals surface area contributed by atoms with Crippen molar-refractivity contribution in [2.75, 3.05) is 0 Å². The molecule has 0 saturated heterocycles. The van der Waals surface area contributed by atoms with Gasteiger partial charge in [-0.15, -0.1) is 11.3 Å². The van der Waals surface area contributed by atoms with Crippen LogP contribution in [-0.2, 0) is 6.42 Å². The van der Waals surface area contributed by atoms with Crippen LogP contribution in [0.3, 0.4) is 0 Å². The van der Waals surface area contributed by atoms with E-state index in [0.717, 1.165) is 12.8 Å². The molecule has 1 radical (unpaired) electrons. The van der Waals surface area contributed by atoms with Crippen molar-refractivity contribution >= 4 is 11.3 Å². The van der Waals surface area contributed by atoms with Crippen molar-refractivity contribution in [3.63, 3.8) is 0 Å². The van der Waals surface area contributed by atoms with Crippen LogP contribution in [-0.4, -0.2) is 4.98 Å². The Balaban J connectivity index is 2.02. The third kappa shape index (κ3) is 3.40. The molecule has 0 unspecified atom stereocenters. The van der Waals surface area contributed by atoms with Gasteiger partial charge in [0.05, 0.1) is 11.2 Å². The fourth-order valence-electron chi connectivity index (χ4n) is 1.92. The van der Waals surface area contributed by atoms with Gasteiger partial charge in [0, 0.05) is 10.4 Å². The number of nitrogens with zero attached hydrogens (tertiary/aromatic N) is 1. The van der Waals surface area contributed by atoms with Gasteiger partial charge in [-0.2, -0.15) is 0 Å². The molecule has 1 heterocycles. The molecular formula is C15H18NS. The van der Waals surface area contributed by atoms with E-state index in [4.69, 9.17) is 0 Å². The van der Waals surface area contributed by atoms with E-state index in [1.165, 1.54) is 35.4 Å². The summed E-state index contributed by atoms with van der Waals surface area (Å²) in [7, 11) is 0. The van der Waals surface area contributed by atoms with E-state index in [0.29, 0.717) is 0 Å². The minimum atomic E-state index is 1.05. The van der Waals surface area contributed by atoms with Crippen molar-refractivity contribution < 1.29 is 0 Å². The Morgan fingerprint density at radius 2 is 1.88 bits per heavy atom. The molecule has 0 spiro atoms. The standard InChI is InChI=1S/C15H18NS/c1-2-3-4-8-11-14-15(16-12-17-14)13-9-6-5-7-10-13/h5-7,9-10,12H,1-4,8,11H2. The van der Waals surface area contributed by atoms with Gasteiger partial charge in [-0.3, -0.25) is 0 Å². The lowest BCUT2D eigenvalue weighted by molar-refractivity contribution is 0.690. The molecule has 0 atom stereocenters. The Labute approximate surface area is 108 Å². The van der Waals surface area contributed by atoms with Crippen molar-refractivity contribution in [2.45, 2.75) is 32.1 Å². The summed E-state index contributed by atoms with van der Waals surface area (Å²) in [5, 5.41) is 0. The van der Waals surface area contributed by atoms with Gasteiger partial charge in [-0.05, 0) is 12.8 Å². The summed E-state index contributed by atoms with van der Waals surface area (Å²) in [5.41, 5.74) is 4.37. The van der Waals surface area contributed by atoms with Gasteiger partial charge < -0.3 is 0 Å². The monoisotopic (exact) mass is 244 g/mol. The molecule has 0 fully saturated rings. The topological polar surface area (TPSA) is 12.9 Å². The maximum Gasteiger partial charge on any atom is 0.0843 e. The van der Waals surface area contributed by atoms with Crippen LogP contribution in [0.2, 0.25) is 0 Å². The number of rotatable bonds is 6. The molecule has 89 valence electrons. The Bertz CT molecular complexity index is 433. The second kappa shape index (κ2) is 6.55. The normalized spacial score (nSPS) is 10.6. The molecule has 1 aromatic heterocycles. The van der Waals surface area contributed by atoms with Crippen molar-refractivity contribution in [1.82, 2.24) is 4.98 Å². The van der Waals surface area contributed by atoms with E-state index in [9.17, 15) is 0 Å². The summed E-state index contributed by atoms with van der Waals surface area (Å²) in [4.78, 5) is 5.91. The van der Waals surface area contributed by atoms with Crippen LogP contribution >= 0.6 is 11.3 Å². The number of hydrogen-bond donors (Lipinski definition) is 0. The van der Waals surface area contributed by atoms with Gasteiger partial charge >= 0.3 is 0 Å². The molecule has 0 bridgehead atoms. The molecule has 0 N–H and O–H groups in total. The first kappa shape index (κ1) is 12.3. The number of aromatic nitrogens is 1. The highest BCUT2D eigenvalue weighted by Crippen LogP contribution is 2.26. The fraction of sp³-hybridized carbons (Fsp3) is 0.333. The zero-order chi connectivity index (χ0) is 11.9. The second-order valence-electron chi connectivity index (χ2n) is 4.15. The summed E-state index contributed by atoms with van der Waals surface area (Å²) >= 11 is 1.78. The summed E-state index contributed by atoms with van der Waals surface area (Å²) in [6, 6.07) is 10.5. The number of aryl methyl sites for hydroxylation is 1. The number of unbranched alkanes of at least 4 members (excludes halogenated alkanes) is 3. The summed E-state index contributed by atoms with van der Waals surface area (Å²) in [6.07, 6.45) is 5.95. The first-order chi connectivity index (χ1) is 8.42. The van der Waals surface area contributed by atoms with Crippen molar-refractivity contribution in [1.29, 1.82) is 0 Å². The summed E-state index contributed by atoms with van der Waals surface area (Å²) in [5.74, 6) is 0. The fourth-order valence-corrected chi connectivity index (χ4v) is 2.75. The largest absolute Gasteiger partial charge is 0.244 e. The van der Waals surface area contributed by atoms with E-state index < -0.39 is 0 Å². The Morgan fingerprint density at radius 3 is 2.65 bits per heavy atom. The van der Waals surface area contributed by atoms with Crippen molar-refractivity contribution in [2.24, 2.45) is 0 Å². The first-order valence-electron chi connectivity index (χ1n) is 6.19. The molecule has 2 rings (SSSR count). The molecule has 1 aromatic carbocycles. The first-order valence-corrected chi connectivity index (χ1v) is 7.07. The van der Waals surface area contributed by atoms with Gasteiger partial charge in [0.2, 0.25) is 0 Å². The van der Waals surface area contributed by atoms with Gasteiger partial charge in [0.15, 0.2) is 0 Å². The van der Waals surface area contributed by atoms with Crippen LogP contribution in [0, 0.1) is 6.92 Å². The van der Waals surface area contributed by atoms with Crippen LogP contribution in [0.25, 0.3) is 11.3 Å². The Morgan fingerprint density at radius 1 is 1.06 bits per heavy atom. The maximum atomic E-state index is 4.49. The SMILES string of the molecule is [CH2]CCCCCc1scnc1-c1ccccc1. The molecular weight excluding hydrogens is 226 g/mol. The molecule has 17 heavy (non-hydrogen) atoms. The zero-order valence-corrected chi connectivity index (χ0v) is 10.9. The molecule has 0 aliphatic rings. The predicted octanol–water partition coefficient (Wildman–Crippen LogP) is 4.75. The lowest BCUT2D eigenvalue weighted by Crippen LogP contribution is -1.87. The lowest BCUT2D eigenvalue weighted by Gasteiger charge is -2.02. The molecule has 0 aliphatic carbocycles. The Hall–Kier alpha value is -1.15. The number of benzene rings is 1. The predicted molar refractivity (Wildman–Crippen MR) is 75.1 cm³/mol. The molecule has 2 heteroatoms. The summed E-state index contributed by atoms with van der Waals surface area (Å²) in [6.45, 7) is 3.88. The molecule has 1 nitrogen and oxygen atoms in total. The van der Waals surface area contributed by atoms with Crippen LogP contribution in [0.5, 0.6) is 0 Å². The van der Waals surface area contributed by atoms with E-state index in [-0.39, 0.29) is 0 Å². The lowest BCUT2D eigenvalue weighted by atomic mass is 10.1. The molecule has 0 amide bonds. The molecule has 0 saturated carbocycles. The second-order valence-corrected chi connectivity index (χ2v) is 5.09. The third-order valence-corrected chi connectivity index (χ3v) is 3.73. The quantitative estimate of drug-likeness (QED) is 0.668. The smallest absolute Gasteiger partial charge is 0.0843 e. The highest BCUT2D eigenvalue weighted by Gasteiger charge is 2.07. The van der Waals surface area contributed by atoms with Gasteiger partial charge in [-0.25, -0.2) is 4.98 Å². The highest BCUT2D eigenvalue weighted by molar-refractivity contribution is 7.10. The van der Waals surface area contributed by atoms with E-state index in [1.54, 1.807) is 11.3 Å². The van der Waals surface area contributed by atoms with Gasteiger partial charge in [0.1, 0.15) is 0 Å². The summed E-state index contributed by atoms with van der Waals surface area (Å²) < 4.78 is 0. The minimum Gasteiger partial charge on any atom is -0.244 e. The Kier molecular flexibility index (Phi) is 4.75. The minimum absolute atomic E-state index is 1.05. The number of thiazole rings is 1. The van der Waals surface area contributed by atoms with Crippen LogP contribution in [0.1, 0.15) is 30.6 Å². The average Bonchev–Trinajstić information content (AvgIpc) is 2.84. The van der Waals surface area contributed by atoms with E-state index >= 15 is 0 Å². The number of hydrogen-bond acceptors (Lipinski definition) is 2. The molecule has 0 aliphatic heterocycles.